The van der Waals surface area contributed by atoms with Crippen molar-refractivity contribution in [2.24, 2.45) is 0 Å². The molecular formula is C16H16BrClN2O. The number of rotatable bonds is 6. The second-order valence-corrected chi connectivity index (χ2v) is 6.40. The Labute approximate surface area is 137 Å². The zero-order valence-electron chi connectivity index (χ0n) is 11.5. The van der Waals surface area contributed by atoms with Gasteiger partial charge in [0.15, 0.2) is 0 Å². The van der Waals surface area contributed by atoms with E-state index in [0.29, 0.717) is 17.7 Å². The molecule has 1 aromatic carbocycles. The second-order valence-electron chi connectivity index (χ2n) is 5.14. The molecule has 1 heterocycles. The van der Waals surface area contributed by atoms with Gasteiger partial charge in [0, 0.05) is 36.1 Å². The molecule has 0 amide bonds. The van der Waals surface area contributed by atoms with E-state index in [1.165, 1.54) is 12.8 Å². The first-order chi connectivity index (χ1) is 10.2. The Morgan fingerprint density at radius 1 is 1.29 bits per heavy atom. The zero-order valence-corrected chi connectivity index (χ0v) is 13.8. The number of aromatic nitrogens is 1. The molecule has 0 radical (unpaired) electrons. The van der Waals surface area contributed by atoms with Gasteiger partial charge in [-0.1, -0.05) is 23.7 Å². The van der Waals surface area contributed by atoms with E-state index in [1.54, 1.807) is 12.4 Å². The van der Waals surface area contributed by atoms with Crippen molar-refractivity contribution in [2.75, 3.05) is 0 Å². The molecule has 3 nitrogen and oxygen atoms in total. The molecule has 1 fully saturated rings. The van der Waals surface area contributed by atoms with Crippen LogP contribution in [0.3, 0.4) is 0 Å². The molecule has 0 aliphatic heterocycles. The van der Waals surface area contributed by atoms with Crippen molar-refractivity contribution in [2.45, 2.75) is 32.0 Å². The van der Waals surface area contributed by atoms with Gasteiger partial charge in [-0.3, -0.25) is 4.98 Å². The van der Waals surface area contributed by atoms with Gasteiger partial charge in [0.1, 0.15) is 12.4 Å². The lowest BCUT2D eigenvalue weighted by Crippen LogP contribution is -2.16. The van der Waals surface area contributed by atoms with E-state index in [2.05, 4.69) is 32.3 Å². The Hall–Kier alpha value is -1.10. The van der Waals surface area contributed by atoms with Crippen LogP contribution in [-0.4, -0.2) is 11.0 Å². The van der Waals surface area contributed by atoms with E-state index >= 15 is 0 Å². The van der Waals surface area contributed by atoms with Crippen molar-refractivity contribution < 1.29 is 4.74 Å². The van der Waals surface area contributed by atoms with Gasteiger partial charge in [-0.05, 0) is 40.9 Å². The highest BCUT2D eigenvalue weighted by Crippen LogP contribution is 2.31. The zero-order chi connectivity index (χ0) is 14.7. The van der Waals surface area contributed by atoms with Crippen LogP contribution in [0.2, 0.25) is 5.02 Å². The van der Waals surface area contributed by atoms with Crippen LogP contribution in [0.1, 0.15) is 24.0 Å². The van der Waals surface area contributed by atoms with Gasteiger partial charge >= 0.3 is 0 Å². The summed E-state index contributed by atoms with van der Waals surface area (Å²) in [4.78, 5) is 3.98. The third-order valence-electron chi connectivity index (χ3n) is 3.44. The van der Waals surface area contributed by atoms with Gasteiger partial charge in [0.2, 0.25) is 0 Å². The minimum Gasteiger partial charge on any atom is -0.487 e. The van der Waals surface area contributed by atoms with Crippen molar-refractivity contribution in [3.8, 4) is 5.75 Å². The predicted molar refractivity (Wildman–Crippen MR) is 87.6 cm³/mol. The van der Waals surface area contributed by atoms with Gasteiger partial charge in [0.05, 0.1) is 9.50 Å². The number of nitrogens with one attached hydrogen (secondary N) is 1. The average Bonchev–Trinajstić information content (AvgIpc) is 3.30. The molecule has 0 unspecified atom stereocenters. The van der Waals surface area contributed by atoms with Crippen molar-refractivity contribution in [1.82, 2.24) is 10.3 Å². The largest absolute Gasteiger partial charge is 0.487 e. The Balaban J connectivity index is 1.72. The first-order valence-electron chi connectivity index (χ1n) is 6.96. The van der Waals surface area contributed by atoms with E-state index in [4.69, 9.17) is 16.3 Å². The second kappa shape index (κ2) is 6.77. The molecule has 1 aliphatic carbocycles. The third kappa shape index (κ3) is 3.96. The monoisotopic (exact) mass is 366 g/mol. The SMILES string of the molecule is Clc1cnccc1COc1c(Br)cccc1CNC1CC1. The van der Waals surface area contributed by atoms with Crippen molar-refractivity contribution >= 4 is 27.5 Å². The first-order valence-corrected chi connectivity index (χ1v) is 8.13. The summed E-state index contributed by atoms with van der Waals surface area (Å²) in [6.07, 6.45) is 5.91. The summed E-state index contributed by atoms with van der Waals surface area (Å²) in [7, 11) is 0. The normalized spacial score (nSPS) is 14.2. The van der Waals surface area contributed by atoms with Crippen LogP contribution in [-0.2, 0) is 13.2 Å². The van der Waals surface area contributed by atoms with E-state index in [9.17, 15) is 0 Å². The minimum absolute atomic E-state index is 0.431. The topological polar surface area (TPSA) is 34.1 Å². The highest BCUT2D eigenvalue weighted by molar-refractivity contribution is 9.10. The molecule has 0 atom stereocenters. The van der Waals surface area contributed by atoms with Crippen LogP contribution >= 0.6 is 27.5 Å². The summed E-state index contributed by atoms with van der Waals surface area (Å²) in [6, 6.07) is 8.65. The number of nitrogens with zero attached hydrogens (tertiary/aromatic N) is 1. The summed E-state index contributed by atoms with van der Waals surface area (Å²) in [5.74, 6) is 0.874. The van der Waals surface area contributed by atoms with Crippen molar-refractivity contribution in [3.05, 3.63) is 57.3 Å². The average molecular weight is 368 g/mol. The first kappa shape index (κ1) is 14.8. The van der Waals surface area contributed by atoms with Crippen LogP contribution in [0.25, 0.3) is 0 Å². The van der Waals surface area contributed by atoms with Crippen molar-refractivity contribution in [3.63, 3.8) is 0 Å². The lowest BCUT2D eigenvalue weighted by atomic mass is 10.2. The maximum Gasteiger partial charge on any atom is 0.138 e. The smallest absolute Gasteiger partial charge is 0.138 e. The number of halogens is 2. The number of benzene rings is 1. The molecule has 0 bridgehead atoms. The highest BCUT2D eigenvalue weighted by Gasteiger charge is 2.21. The van der Waals surface area contributed by atoms with E-state index in [-0.39, 0.29) is 0 Å². The number of hydrogen-bond acceptors (Lipinski definition) is 3. The molecule has 0 saturated heterocycles. The molecule has 3 rings (SSSR count). The highest BCUT2D eigenvalue weighted by atomic mass is 79.9. The van der Waals surface area contributed by atoms with Crippen LogP contribution in [0.5, 0.6) is 5.75 Å². The van der Waals surface area contributed by atoms with Crippen molar-refractivity contribution in [1.29, 1.82) is 0 Å². The van der Waals surface area contributed by atoms with Crippen LogP contribution in [0, 0.1) is 0 Å². The van der Waals surface area contributed by atoms with Crippen LogP contribution < -0.4 is 10.1 Å². The number of para-hydroxylation sites is 1. The molecule has 21 heavy (non-hydrogen) atoms. The summed E-state index contributed by atoms with van der Waals surface area (Å²) in [5.41, 5.74) is 2.09. The van der Waals surface area contributed by atoms with Gasteiger partial charge in [-0.2, -0.15) is 0 Å². The summed E-state index contributed by atoms with van der Waals surface area (Å²) >= 11 is 9.68. The van der Waals surface area contributed by atoms with E-state index in [1.807, 2.05) is 18.2 Å². The lowest BCUT2D eigenvalue weighted by Gasteiger charge is -2.14. The molecule has 110 valence electrons. The van der Waals surface area contributed by atoms with Crippen LogP contribution in [0.15, 0.2) is 41.1 Å². The van der Waals surface area contributed by atoms with Gasteiger partial charge in [0.25, 0.3) is 0 Å². The molecule has 1 saturated carbocycles. The Kier molecular flexibility index (Phi) is 4.78. The fourth-order valence-corrected chi connectivity index (χ4v) is 2.76. The fourth-order valence-electron chi connectivity index (χ4n) is 2.07. The molecule has 1 aromatic heterocycles. The summed E-state index contributed by atoms with van der Waals surface area (Å²) < 4.78 is 6.95. The quantitative estimate of drug-likeness (QED) is 0.825. The summed E-state index contributed by atoms with van der Waals surface area (Å²) in [5, 5.41) is 4.14. The van der Waals surface area contributed by atoms with Crippen LogP contribution in [0.4, 0.5) is 0 Å². The van der Waals surface area contributed by atoms with Gasteiger partial charge in [-0.25, -0.2) is 0 Å². The maximum atomic E-state index is 6.11. The molecule has 0 spiro atoms. The van der Waals surface area contributed by atoms with E-state index in [0.717, 1.165) is 27.9 Å². The number of pyridine rings is 1. The van der Waals surface area contributed by atoms with E-state index < -0.39 is 0 Å². The third-order valence-corrected chi connectivity index (χ3v) is 4.40. The minimum atomic E-state index is 0.431. The number of ether oxygens (including phenoxy) is 1. The molecule has 1 aliphatic rings. The predicted octanol–water partition coefficient (Wildman–Crippen LogP) is 4.33. The molecule has 2 aromatic rings. The summed E-state index contributed by atoms with van der Waals surface area (Å²) in [6.45, 7) is 1.25. The molecular weight excluding hydrogens is 352 g/mol. The molecule has 1 N–H and O–H groups in total. The molecule has 5 heteroatoms. The standard InChI is InChI=1S/C16H16BrClN2O/c17-14-3-1-2-11(8-20-13-4-5-13)16(14)21-10-12-6-7-19-9-15(12)18/h1-3,6-7,9,13,20H,4-5,8,10H2. The lowest BCUT2D eigenvalue weighted by molar-refractivity contribution is 0.300. The maximum absolute atomic E-state index is 6.11. The fraction of sp³-hybridized carbons (Fsp3) is 0.312. The Morgan fingerprint density at radius 3 is 2.90 bits per heavy atom. The van der Waals surface area contributed by atoms with Gasteiger partial charge < -0.3 is 10.1 Å². The Morgan fingerprint density at radius 2 is 2.14 bits per heavy atom. The Bertz CT molecular complexity index is 631. The van der Waals surface area contributed by atoms with Gasteiger partial charge in [-0.15, -0.1) is 0 Å². The number of hydrogen-bond donors (Lipinski definition) is 1.